The first-order valence-electron chi connectivity index (χ1n) is 9.38. The SMILES string of the molecule is CSNCCO/N=C/c1cc(C(=O)NOCCO)c(Nc2ccc(C)cc2F)c(F)c1F. The van der Waals surface area contributed by atoms with Crippen LogP contribution in [-0.2, 0) is 9.68 Å². The highest BCUT2D eigenvalue weighted by Crippen LogP contribution is 2.30. The monoisotopic (exact) mass is 472 g/mol. The van der Waals surface area contributed by atoms with Crippen LogP contribution in [0, 0.1) is 24.4 Å². The summed E-state index contributed by atoms with van der Waals surface area (Å²) in [6, 6.07) is 5.11. The van der Waals surface area contributed by atoms with Crippen molar-refractivity contribution in [2.75, 3.05) is 37.9 Å². The number of nitrogens with zero attached hydrogens (tertiary/aromatic N) is 1. The molecule has 0 radical (unpaired) electrons. The molecule has 0 aliphatic rings. The summed E-state index contributed by atoms with van der Waals surface area (Å²) in [4.78, 5) is 22.2. The topological polar surface area (TPSA) is 104 Å². The molecule has 0 aromatic heterocycles. The van der Waals surface area contributed by atoms with Crippen LogP contribution in [0.2, 0.25) is 0 Å². The van der Waals surface area contributed by atoms with Crippen molar-refractivity contribution in [3.63, 3.8) is 0 Å². The zero-order valence-electron chi connectivity index (χ0n) is 17.4. The van der Waals surface area contributed by atoms with Gasteiger partial charge in [-0.3, -0.25) is 14.4 Å². The Bertz CT molecular complexity index is 963. The highest BCUT2D eigenvalue weighted by atomic mass is 32.2. The van der Waals surface area contributed by atoms with Gasteiger partial charge in [0.2, 0.25) is 0 Å². The van der Waals surface area contributed by atoms with Crippen LogP contribution in [0.15, 0.2) is 29.4 Å². The van der Waals surface area contributed by atoms with Gasteiger partial charge in [0.1, 0.15) is 12.4 Å². The molecule has 2 rings (SSSR count). The zero-order valence-corrected chi connectivity index (χ0v) is 18.2. The molecule has 2 aromatic rings. The van der Waals surface area contributed by atoms with Gasteiger partial charge in [-0.1, -0.05) is 23.2 Å². The van der Waals surface area contributed by atoms with Gasteiger partial charge in [-0.15, -0.1) is 0 Å². The summed E-state index contributed by atoms with van der Waals surface area (Å²) >= 11 is 1.38. The van der Waals surface area contributed by atoms with Gasteiger partial charge in [-0.2, -0.15) is 0 Å². The van der Waals surface area contributed by atoms with Gasteiger partial charge >= 0.3 is 0 Å². The lowest BCUT2D eigenvalue weighted by Gasteiger charge is -2.15. The van der Waals surface area contributed by atoms with Crippen molar-refractivity contribution in [3.05, 3.63) is 58.4 Å². The van der Waals surface area contributed by atoms with Crippen LogP contribution >= 0.6 is 11.9 Å². The molecular weight excluding hydrogens is 449 g/mol. The molecule has 0 spiro atoms. The normalized spacial score (nSPS) is 11.1. The fraction of sp³-hybridized carbons (Fsp3) is 0.300. The van der Waals surface area contributed by atoms with Crippen LogP contribution in [0.5, 0.6) is 0 Å². The fourth-order valence-electron chi connectivity index (χ4n) is 2.45. The Balaban J connectivity index is 2.38. The average molecular weight is 472 g/mol. The Kier molecular flexibility index (Phi) is 10.3. The van der Waals surface area contributed by atoms with Crippen LogP contribution in [0.1, 0.15) is 21.5 Å². The Morgan fingerprint density at radius 3 is 2.69 bits per heavy atom. The predicted molar refractivity (Wildman–Crippen MR) is 116 cm³/mol. The van der Waals surface area contributed by atoms with Gasteiger partial charge in [0.05, 0.1) is 36.4 Å². The number of hydrogen-bond acceptors (Lipinski definition) is 8. The number of hydroxylamine groups is 1. The van der Waals surface area contributed by atoms with Crippen molar-refractivity contribution in [3.8, 4) is 0 Å². The number of carbonyl (C=O) groups is 1. The lowest BCUT2D eigenvalue weighted by molar-refractivity contribution is 0.0168. The number of hydrogen-bond donors (Lipinski definition) is 4. The van der Waals surface area contributed by atoms with Crippen molar-refractivity contribution in [2.45, 2.75) is 6.92 Å². The van der Waals surface area contributed by atoms with Gasteiger partial charge in [0.25, 0.3) is 5.91 Å². The fourth-order valence-corrected chi connectivity index (χ4v) is 2.74. The molecular formula is C20H23F3N4O4S. The van der Waals surface area contributed by atoms with Crippen molar-refractivity contribution in [1.29, 1.82) is 0 Å². The van der Waals surface area contributed by atoms with Crippen LogP contribution in [-0.4, -0.2) is 49.8 Å². The minimum Gasteiger partial charge on any atom is -0.394 e. The quantitative estimate of drug-likeness (QED) is 0.163. The molecule has 32 heavy (non-hydrogen) atoms. The molecule has 0 saturated carbocycles. The van der Waals surface area contributed by atoms with Crippen molar-refractivity contribution >= 4 is 35.4 Å². The molecule has 4 N–H and O–H groups in total. The molecule has 0 fully saturated rings. The summed E-state index contributed by atoms with van der Waals surface area (Å²) in [5.41, 5.74) is 1.11. The molecule has 0 bridgehead atoms. The maximum absolute atomic E-state index is 14.9. The molecule has 8 nitrogen and oxygen atoms in total. The number of benzene rings is 2. The molecule has 0 heterocycles. The number of oxime groups is 1. The van der Waals surface area contributed by atoms with Crippen LogP contribution in [0.25, 0.3) is 0 Å². The Morgan fingerprint density at radius 1 is 1.22 bits per heavy atom. The second kappa shape index (κ2) is 12.9. The number of nitrogens with one attached hydrogen (secondary N) is 3. The number of halogens is 3. The van der Waals surface area contributed by atoms with E-state index in [9.17, 15) is 18.0 Å². The summed E-state index contributed by atoms with van der Waals surface area (Å²) in [7, 11) is 0. The lowest BCUT2D eigenvalue weighted by Crippen LogP contribution is -2.26. The Labute approximate surface area is 187 Å². The molecule has 0 saturated heterocycles. The maximum atomic E-state index is 14.9. The van der Waals surface area contributed by atoms with E-state index < -0.39 is 29.0 Å². The van der Waals surface area contributed by atoms with Crippen LogP contribution < -0.4 is 15.5 Å². The summed E-state index contributed by atoms with van der Waals surface area (Å²) in [5, 5.41) is 14.8. The van der Waals surface area contributed by atoms with E-state index in [1.165, 1.54) is 24.1 Å². The highest BCUT2D eigenvalue weighted by molar-refractivity contribution is 7.96. The first-order valence-corrected chi connectivity index (χ1v) is 10.6. The first kappa shape index (κ1) is 25.5. The van der Waals surface area contributed by atoms with Gasteiger partial charge in [-0.25, -0.2) is 18.7 Å². The molecule has 1 amide bonds. The standard InChI is InChI=1S/C20H23F3N4O4S/c1-12-3-4-16(15(21)9-12)26-19-14(20(29)27-31-8-6-28)10-13(17(22)18(19)23)11-24-30-7-5-25-32-2/h3-4,9-11,25-26,28H,5-8H2,1-2H3,(H,27,29)/b24-11+. The van der Waals surface area contributed by atoms with Crippen molar-refractivity contribution in [1.82, 2.24) is 10.2 Å². The highest BCUT2D eigenvalue weighted by Gasteiger charge is 2.23. The van der Waals surface area contributed by atoms with E-state index >= 15 is 0 Å². The summed E-state index contributed by atoms with van der Waals surface area (Å²) in [5.74, 6) is -4.41. The lowest BCUT2D eigenvalue weighted by atomic mass is 10.1. The average Bonchev–Trinajstić information content (AvgIpc) is 2.76. The third-order valence-corrected chi connectivity index (χ3v) is 4.42. The smallest absolute Gasteiger partial charge is 0.277 e. The van der Waals surface area contributed by atoms with E-state index in [2.05, 4.69) is 15.2 Å². The molecule has 2 aromatic carbocycles. The van der Waals surface area contributed by atoms with E-state index in [0.29, 0.717) is 12.1 Å². The Hall–Kier alpha value is -2.80. The first-order chi connectivity index (χ1) is 15.4. The Morgan fingerprint density at radius 2 is 2.00 bits per heavy atom. The zero-order chi connectivity index (χ0) is 23.5. The van der Waals surface area contributed by atoms with E-state index in [0.717, 1.165) is 12.3 Å². The molecule has 0 unspecified atom stereocenters. The predicted octanol–water partition coefficient (Wildman–Crippen LogP) is 3.03. The van der Waals surface area contributed by atoms with E-state index in [4.69, 9.17) is 14.8 Å². The summed E-state index contributed by atoms with van der Waals surface area (Å²) in [6.45, 7) is 1.71. The van der Waals surface area contributed by atoms with Crippen LogP contribution in [0.3, 0.4) is 0 Å². The van der Waals surface area contributed by atoms with Gasteiger partial charge < -0.3 is 15.3 Å². The number of amides is 1. The number of carbonyl (C=O) groups excluding carboxylic acids is 1. The molecule has 0 aliphatic heterocycles. The molecule has 174 valence electrons. The minimum absolute atomic E-state index is 0.162. The molecule has 0 atom stereocenters. The van der Waals surface area contributed by atoms with Crippen LogP contribution in [0.4, 0.5) is 24.5 Å². The van der Waals surface area contributed by atoms with Gasteiger partial charge in [0, 0.05) is 12.1 Å². The van der Waals surface area contributed by atoms with Gasteiger partial charge in [-0.05, 0) is 36.9 Å². The maximum Gasteiger partial charge on any atom is 0.277 e. The summed E-state index contributed by atoms with van der Waals surface area (Å²) in [6.07, 6.45) is 2.75. The number of aliphatic hydroxyl groups is 1. The second-order valence-electron chi connectivity index (χ2n) is 6.29. The van der Waals surface area contributed by atoms with Gasteiger partial charge in [0.15, 0.2) is 11.6 Å². The number of aryl methyl sites for hydroxylation is 1. The number of rotatable bonds is 12. The minimum atomic E-state index is -1.43. The van der Waals surface area contributed by atoms with Crippen molar-refractivity contribution < 1.29 is 32.7 Å². The van der Waals surface area contributed by atoms with E-state index in [1.54, 1.807) is 13.0 Å². The van der Waals surface area contributed by atoms with Crippen molar-refractivity contribution in [2.24, 2.45) is 5.16 Å². The molecule has 0 aliphatic carbocycles. The summed E-state index contributed by atoms with van der Waals surface area (Å²) < 4.78 is 46.7. The number of anilines is 2. The molecule has 12 heteroatoms. The third-order valence-electron chi connectivity index (χ3n) is 3.93. The van der Waals surface area contributed by atoms with E-state index in [-0.39, 0.29) is 36.6 Å². The largest absolute Gasteiger partial charge is 0.394 e. The van der Waals surface area contributed by atoms with E-state index in [1.807, 2.05) is 11.7 Å². The number of aliphatic hydroxyl groups excluding tert-OH is 1. The third kappa shape index (κ3) is 7.12. The second-order valence-corrected chi connectivity index (χ2v) is 6.99.